The number of carbonyl (C=O) groups is 1. The molecule has 3 rings (SSSR count). The second-order valence-corrected chi connectivity index (χ2v) is 7.39. The fourth-order valence-electron chi connectivity index (χ4n) is 2.84. The van der Waals surface area contributed by atoms with Crippen LogP contribution in [0.3, 0.4) is 0 Å². The zero-order chi connectivity index (χ0) is 16.4. The lowest BCUT2D eigenvalue weighted by Gasteiger charge is -2.22. The van der Waals surface area contributed by atoms with Gasteiger partial charge in [-0.2, -0.15) is 4.31 Å². The Balaban J connectivity index is 1.87. The molecule has 0 radical (unpaired) electrons. The van der Waals surface area contributed by atoms with Gasteiger partial charge in [-0.1, -0.05) is 0 Å². The van der Waals surface area contributed by atoms with Crippen LogP contribution in [0.2, 0.25) is 0 Å². The largest absolute Gasteiger partial charge is 0.468 e. The highest BCUT2D eigenvalue weighted by Crippen LogP contribution is 2.36. The average molecular weight is 334 g/mol. The monoisotopic (exact) mass is 334 g/mol. The Kier molecular flexibility index (Phi) is 4.23. The number of furan rings is 1. The first-order valence-electron chi connectivity index (χ1n) is 7.41. The molecule has 1 aromatic heterocycles. The molecule has 2 aromatic rings. The molecule has 0 spiro atoms. The summed E-state index contributed by atoms with van der Waals surface area (Å²) >= 11 is 0. The molecule has 1 atom stereocenters. The minimum absolute atomic E-state index is 0.196. The Morgan fingerprint density at radius 3 is 2.61 bits per heavy atom. The summed E-state index contributed by atoms with van der Waals surface area (Å²) in [5, 5.41) is 2.62. The summed E-state index contributed by atoms with van der Waals surface area (Å²) in [5.41, 5.74) is 0.570. The van der Waals surface area contributed by atoms with E-state index in [1.807, 2.05) is 0 Å². The summed E-state index contributed by atoms with van der Waals surface area (Å²) in [6.07, 6.45) is 3.10. The van der Waals surface area contributed by atoms with E-state index in [1.165, 1.54) is 23.4 Å². The molecule has 0 unspecified atom stereocenters. The number of hydrogen-bond acceptors (Lipinski definition) is 4. The van der Waals surface area contributed by atoms with Crippen LogP contribution in [0, 0.1) is 0 Å². The molecule has 1 saturated heterocycles. The summed E-state index contributed by atoms with van der Waals surface area (Å²) < 4.78 is 32.6. The molecule has 1 aliphatic rings. The fourth-order valence-corrected chi connectivity index (χ4v) is 4.51. The molecule has 0 aliphatic carbocycles. The Hall–Kier alpha value is -2.12. The molecule has 1 aromatic carbocycles. The maximum Gasteiger partial charge on any atom is 0.243 e. The van der Waals surface area contributed by atoms with Crippen molar-refractivity contribution in [1.82, 2.24) is 4.31 Å². The quantitative estimate of drug-likeness (QED) is 0.932. The highest BCUT2D eigenvalue weighted by atomic mass is 32.2. The van der Waals surface area contributed by atoms with Gasteiger partial charge in [0, 0.05) is 19.2 Å². The van der Waals surface area contributed by atoms with E-state index in [4.69, 9.17) is 4.42 Å². The Morgan fingerprint density at radius 2 is 2.00 bits per heavy atom. The van der Waals surface area contributed by atoms with Crippen molar-refractivity contribution in [2.45, 2.75) is 30.7 Å². The highest BCUT2D eigenvalue weighted by Gasteiger charge is 2.37. The minimum atomic E-state index is -3.60. The van der Waals surface area contributed by atoms with Crippen LogP contribution in [0.25, 0.3) is 0 Å². The summed E-state index contributed by atoms with van der Waals surface area (Å²) in [4.78, 5) is 11.2. The fraction of sp³-hybridized carbons (Fsp3) is 0.312. The lowest BCUT2D eigenvalue weighted by molar-refractivity contribution is -0.114. The van der Waals surface area contributed by atoms with Crippen molar-refractivity contribution in [3.05, 3.63) is 48.4 Å². The molecule has 1 fully saturated rings. The number of sulfonamides is 1. The zero-order valence-corrected chi connectivity index (χ0v) is 13.5. The number of hydrogen-bond donors (Lipinski definition) is 1. The van der Waals surface area contributed by atoms with Crippen LogP contribution in [0.5, 0.6) is 0 Å². The van der Waals surface area contributed by atoms with Crippen LogP contribution in [0.15, 0.2) is 52.0 Å². The minimum Gasteiger partial charge on any atom is -0.468 e. The maximum absolute atomic E-state index is 12.9. The standard InChI is InChI=1S/C16H18N2O4S/c1-12(19)17-13-6-8-14(9-7-13)23(20,21)18-10-2-4-15(18)16-5-3-11-22-16/h3,5-9,11,15H,2,4,10H2,1H3,(H,17,19)/t15-/m0/s1. The zero-order valence-electron chi connectivity index (χ0n) is 12.7. The van der Waals surface area contributed by atoms with Gasteiger partial charge in [0.2, 0.25) is 15.9 Å². The summed E-state index contributed by atoms with van der Waals surface area (Å²) in [5.74, 6) is 0.471. The Labute approximate surface area is 135 Å². The van der Waals surface area contributed by atoms with Gasteiger partial charge in [-0.25, -0.2) is 8.42 Å². The van der Waals surface area contributed by atoms with Gasteiger partial charge in [0.25, 0.3) is 0 Å². The lowest BCUT2D eigenvalue weighted by Crippen LogP contribution is -2.30. The average Bonchev–Trinajstić information content (AvgIpc) is 3.18. The van der Waals surface area contributed by atoms with Gasteiger partial charge in [-0.05, 0) is 49.2 Å². The number of nitrogens with one attached hydrogen (secondary N) is 1. The van der Waals surface area contributed by atoms with Crippen molar-refractivity contribution < 1.29 is 17.6 Å². The number of rotatable bonds is 4. The van der Waals surface area contributed by atoms with Gasteiger partial charge < -0.3 is 9.73 Å². The first-order valence-corrected chi connectivity index (χ1v) is 8.85. The lowest BCUT2D eigenvalue weighted by atomic mass is 10.2. The third kappa shape index (κ3) is 3.16. The Morgan fingerprint density at radius 1 is 1.26 bits per heavy atom. The third-order valence-corrected chi connectivity index (χ3v) is 5.78. The first kappa shape index (κ1) is 15.8. The first-order chi connectivity index (χ1) is 11.0. The highest BCUT2D eigenvalue weighted by molar-refractivity contribution is 7.89. The van der Waals surface area contributed by atoms with Crippen LogP contribution in [0.4, 0.5) is 5.69 Å². The molecule has 2 heterocycles. The van der Waals surface area contributed by atoms with Gasteiger partial charge in [0.05, 0.1) is 17.2 Å². The second-order valence-electron chi connectivity index (χ2n) is 5.49. The molecular formula is C16H18N2O4S. The summed E-state index contributed by atoms with van der Waals surface area (Å²) in [6.45, 7) is 1.88. The van der Waals surface area contributed by atoms with Crippen molar-refractivity contribution in [2.75, 3.05) is 11.9 Å². The number of carbonyl (C=O) groups excluding carboxylic acids is 1. The van der Waals surface area contributed by atoms with Crippen molar-refractivity contribution >= 4 is 21.6 Å². The van der Waals surface area contributed by atoms with Gasteiger partial charge >= 0.3 is 0 Å². The number of amides is 1. The van der Waals surface area contributed by atoms with Crippen LogP contribution >= 0.6 is 0 Å². The summed E-state index contributed by atoms with van der Waals surface area (Å²) in [6, 6.07) is 9.51. The van der Waals surface area contributed by atoms with E-state index in [-0.39, 0.29) is 16.8 Å². The smallest absolute Gasteiger partial charge is 0.243 e. The van der Waals surface area contributed by atoms with Crippen LogP contribution in [0.1, 0.15) is 31.6 Å². The van der Waals surface area contributed by atoms with Gasteiger partial charge in [0.15, 0.2) is 0 Å². The van der Waals surface area contributed by atoms with Crippen molar-refractivity contribution in [3.63, 3.8) is 0 Å². The molecule has 7 heteroatoms. The van der Waals surface area contributed by atoms with E-state index in [2.05, 4.69) is 5.32 Å². The normalized spacial score (nSPS) is 18.9. The number of nitrogens with zero attached hydrogens (tertiary/aromatic N) is 1. The number of benzene rings is 1. The molecule has 122 valence electrons. The molecular weight excluding hydrogens is 316 g/mol. The topological polar surface area (TPSA) is 79.6 Å². The van der Waals surface area contributed by atoms with Crippen molar-refractivity contribution in [1.29, 1.82) is 0 Å². The predicted molar refractivity (Wildman–Crippen MR) is 85.3 cm³/mol. The van der Waals surface area contributed by atoms with E-state index in [1.54, 1.807) is 30.5 Å². The van der Waals surface area contributed by atoms with Gasteiger partial charge in [0.1, 0.15) is 5.76 Å². The maximum atomic E-state index is 12.9. The predicted octanol–water partition coefficient (Wildman–Crippen LogP) is 2.76. The van der Waals surface area contributed by atoms with Crippen LogP contribution in [-0.2, 0) is 14.8 Å². The second kappa shape index (κ2) is 6.17. The van der Waals surface area contributed by atoms with E-state index in [0.29, 0.717) is 18.0 Å². The Bertz CT molecular complexity index is 782. The molecule has 1 N–H and O–H groups in total. The third-order valence-electron chi connectivity index (χ3n) is 3.86. The summed E-state index contributed by atoms with van der Waals surface area (Å²) in [7, 11) is -3.60. The van der Waals surface area contributed by atoms with E-state index in [0.717, 1.165) is 12.8 Å². The van der Waals surface area contributed by atoms with Gasteiger partial charge in [-0.15, -0.1) is 0 Å². The molecule has 1 aliphatic heterocycles. The van der Waals surface area contributed by atoms with E-state index >= 15 is 0 Å². The van der Waals surface area contributed by atoms with E-state index < -0.39 is 10.0 Å². The van der Waals surface area contributed by atoms with Gasteiger partial charge in [-0.3, -0.25) is 4.79 Å². The van der Waals surface area contributed by atoms with Crippen LogP contribution in [-0.4, -0.2) is 25.2 Å². The van der Waals surface area contributed by atoms with Crippen LogP contribution < -0.4 is 5.32 Å². The van der Waals surface area contributed by atoms with Crippen molar-refractivity contribution in [3.8, 4) is 0 Å². The molecule has 0 bridgehead atoms. The molecule has 23 heavy (non-hydrogen) atoms. The van der Waals surface area contributed by atoms with Crippen molar-refractivity contribution in [2.24, 2.45) is 0 Å². The SMILES string of the molecule is CC(=O)Nc1ccc(S(=O)(=O)N2CCC[C@H]2c2ccco2)cc1. The molecule has 0 saturated carbocycles. The number of anilines is 1. The van der Waals surface area contributed by atoms with E-state index in [9.17, 15) is 13.2 Å². The molecule has 1 amide bonds. The molecule has 6 nitrogen and oxygen atoms in total.